The van der Waals surface area contributed by atoms with Crippen molar-refractivity contribution in [1.82, 2.24) is 0 Å². The Kier molecular flexibility index (Phi) is 4.06. The molecule has 0 radical (unpaired) electrons. The fraction of sp³-hybridized carbons (Fsp3) is 0.462. The number of hydrogen-bond acceptors (Lipinski definition) is 2. The van der Waals surface area contributed by atoms with Crippen LogP contribution in [-0.2, 0) is 0 Å². The fourth-order valence-corrected chi connectivity index (χ4v) is 1.34. The standard InChI is InChI=1S/C13H16F2N2/c1-13(2,3)6-7-17-10-5-4-9(8-16)11(14)12(10)15/h4-5,17H,6-7H2,1-3H3. The van der Waals surface area contributed by atoms with Gasteiger partial charge in [0.05, 0.1) is 11.3 Å². The van der Waals surface area contributed by atoms with Crippen molar-refractivity contribution in [2.75, 3.05) is 11.9 Å². The number of hydrogen-bond donors (Lipinski definition) is 1. The molecule has 4 heteroatoms. The Bertz CT molecular complexity index is 442. The van der Waals surface area contributed by atoms with Crippen molar-refractivity contribution < 1.29 is 8.78 Å². The van der Waals surface area contributed by atoms with Crippen molar-refractivity contribution in [3.8, 4) is 6.07 Å². The lowest BCUT2D eigenvalue weighted by molar-refractivity contribution is 0.389. The number of rotatable bonds is 3. The van der Waals surface area contributed by atoms with Gasteiger partial charge < -0.3 is 5.32 Å². The zero-order chi connectivity index (χ0) is 13.1. The van der Waals surface area contributed by atoms with Gasteiger partial charge in [-0.05, 0) is 24.0 Å². The molecule has 0 unspecified atom stereocenters. The van der Waals surface area contributed by atoms with Gasteiger partial charge in [-0.1, -0.05) is 20.8 Å². The third-order valence-electron chi connectivity index (χ3n) is 2.39. The molecule has 2 nitrogen and oxygen atoms in total. The van der Waals surface area contributed by atoms with E-state index in [1.807, 2.05) is 0 Å². The van der Waals surface area contributed by atoms with Crippen LogP contribution in [0.3, 0.4) is 0 Å². The zero-order valence-corrected chi connectivity index (χ0v) is 10.3. The molecule has 1 rings (SSSR count). The number of halogens is 2. The molecule has 92 valence electrons. The summed E-state index contributed by atoms with van der Waals surface area (Å²) >= 11 is 0. The summed E-state index contributed by atoms with van der Waals surface area (Å²) in [6.07, 6.45) is 0.841. The molecule has 0 aliphatic carbocycles. The van der Waals surface area contributed by atoms with E-state index in [1.165, 1.54) is 12.1 Å². The minimum absolute atomic E-state index is 0.103. The van der Waals surface area contributed by atoms with E-state index >= 15 is 0 Å². The quantitative estimate of drug-likeness (QED) is 0.871. The number of nitriles is 1. The van der Waals surface area contributed by atoms with Crippen LogP contribution < -0.4 is 5.32 Å². The second-order valence-corrected chi connectivity index (χ2v) is 5.14. The minimum Gasteiger partial charge on any atom is -0.383 e. The van der Waals surface area contributed by atoms with E-state index in [9.17, 15) is 8.78 Å². The first-order valence-corrected chi connectivity index (χ1v) is 5.47. The van der Waals surface area contributed by atoms with Crippen LogP contribution >= 0.6 is 0 Å². The predicted molar refractivity (Wildman–Crippen MR) is 63.6 cm³/mol. The van der Waals surface area contributed by atoms with Crippen molar-refractivity contribution in [3.63, 3.8) is 0 Å². The van der Waals surface area contributed by atoms with Gasteiger partial charge in [0.2, 0.25) is 0 Å². The minimum atomic E-state index is -1.09. The van der Waals surface area contributed by atoms with Crippen LogP contribution in [-0.4, -0.2) is 6.54 Å². The highest BCUT2D eigenvalue weighted by Gasteiger charge is 2.14. The number of nitrogens with zero attached hydrogens (tertiary/aromatic N) is 1. The lowest BCUT2D eigenvalue weighted by atomic mass is 9.92. The van der Waals surface area contributed by atoms with Crippen LogP contribution in [0.4, 0.5) is 14.5 Å². The Balaban J connectivity index is 2.74. The van der Waals surface area contributed by atoms with Gasteiger partial charge in [-0.3, -0.25) is 0 Å². The predicted octanol–water partition coefficient (Wildman–Crippen LogP) is 3.68. The molecule has 17 heavy (non-hydrogen) atoms. The Labute approximate surface area is 100 Å². The Hall–Kier alpha value is -1.63. The molecule has 0 fully saturated rings. The monoisotopic (exact) mass is 238 g/mol. The molecule has 0 amide bonds. The van der Waals surface area contributed by atoms with E-state index in [1.54, 1.807) is 6.07 Å². The molecule has 0 aromatic heterocycles. The van der Waals surface area contributed by atoms with Crippen molar-refractivity contribution in [1.29, 1.82) is 5.26 Å². The Morgan fingerprint density at radius 3 is 2.41 bits per heavy atom. The first kappa shape index (κ1) is 13.4. The summed E-state index contributed by atoms with van der Waals surface area (Å²) < 4.78 is 26.8. The molecular weight excluding hydrogens is 222 g/mol. The van der Waals surface area contributed by atoms with Gasteiger partial charge in [-0.2, -0.15) is 5.26 Å². The third-order valence-corrected chi connectivity index (χ3v) is 2.39. The summed E-state index contributed by atoms with van der Waals surface area (Å²) in [6.45, 7) is 6.78. The molecule has 0 saturated carbocycles. The lowest BCUT2D eigenvalue weighted by Gasteiger charge is -2.18. The van der Waals surface area contributed by atoms with E-state index in [2.05, 4.69) is 26.1 Å². The summed E-state index contributed by atoms with van der Waals surface area (Å²) in [7, 11) is 0. The largest absolute Gasteiger partial charge is 0.383 e. The highest BCUT2D eigenvalue weighted by Crippen LogP contribution is 2.22. The second kappa shape index (κ2) is 5.13. The SMILES string of the molecule is CC(C)(C)CCNc1ccc(C#N)c(F)c1F. The summed E-state index contributed by atoms with van der Waals surface area (Å²) in [5.41, 5.74) is -0.0381. The molecule has 0 saturated heterocycles. The van der Waals surface area contributed by atoms with Gasteiger partial charge in [0.15, 0.2) is 11.6 Å². The summed E-state index contributed by atoms with van der Waals surface area (Å²) in [4.78, 5) is 0. The fourth-order valence-electron chi connectivity index (χ4n) is 1.34. The maximum Gasteiger partial charge on any atom is 0.183 e. The normalized spacial score (nSPS) is 11.1. The number of anilines is 1. The van der Waals surface area contributed by atoms with Crippen LogP contribution in [0, 0.1) is 28.4 Å². The van der Waals surface area contributed by atoms with E-state index in [4.69, 9.17) is 5.26 Å². The van der Waals surface area contributed by atoms with E-state index in [0.717, 1.165) is 6.42 Å². The van der Waals surface area contributed by atoms with Crippen LogP contribution in [0.5, 0.6) is 0 Å². The Morgan fingerprint density at radius 2 is 1.88 bits per heavy atom. The van der Waals surface area contributed by atoms with Crippen molar-refractivity contribution in [2.24, 2.45) is 5.41 Å². The molecule has 0 spiro atoms. The van der Waals surface area contributed by atoms with Gasteiger partial charge in [0.1, 0.15) is 6.07 Å². The van der Waals surface area contributed by atoms with Gasteiger partial charge >= 0.3 is 0 Å². The summed E-state index contributed by atoms with van der Waals surface area (Å²) in [6, 6.07) is 4.27. The second-order valence-electron chi connectivity index (χ2n) is 5.14. The van der Waals surface area contributed by atoms with E-state index < -0.39 is 11.6 Å². The molecule has 0 aliphatic heterocycles. The average molecular weight is 238 g/mol. The van der Waals surface area contributed by atoms with E-state index in [0.29, 0.717) is 6.54 Å². The van der Waals surface area contributed by atoms with Crippen LogP contribution in [0.15, 0.2) is 12.1 Å². The maximum absolute atomic E-state index is 13.5. The smallest absolute Gasteiger partial charge is 0.183 e. The molecule has 0 bridgehead atoms. The molecule has 1 aromatic rings. The van der Waals surface area contributed by atoms with E-state index in [-0.39, 0.29) is 16.7 Å². The van der Waals surface area contributed by atoms with Crippen LogP contribution in [0.1, 0.15) is 32.8 Å². The topological polar surface area (TPSA) is 35.8 Å². The van der Waals surface area contributed by atoms with Crippen molar-refractivity contribution >= 4 is 5.69 Å². The van der Waals surface area contributed by atoms with Crippen LogP contribution in [0.25, 0.3) is 0 Å². The third kappa shape index (κ3) is 3.70. The van der Waals surface area contributed by atoms with Gasteiger partial charge in [-0.15, -0.1) is 0 Å². The first-order valence-electron chi connectivity index (χ1n) is 5.47. The molecule has 0 aliphatic rings. The highest BCUT2D eigenvalue weighted by molar-refractivity contribution is 5.49. The highest BCUT2D eigenvalue weighted by atomic mass is 19.2. The average Bonchev–Trinajstić information content (AvgIpc) is 2.23. The van der Waals surface area contributed by atoms with Crippen molar-refractivity contribution in [2.45, 2.75) is 27.2 Å². The first-order chi connectivity index (χ1) is 7.85. The lowest BCUT2D eigenvalue weighted by Crippen LogP contribution is -2.13. The summed E-state index contributed by atoms with van der Waals surface area (Å²) in [5, 5.41) is 11.4. The summed E-state index contributed by atoms with van der Waals surface area (Å²) in [5.74, 6) is -2.08. The number of benzene rings is 1. The molecule has 0 atom stereocenters. The number of nitrogens with one attached hydrogen (secondary N) is 1. The molecule has 0 heterocycles. The van der Waals surface area contributed by atoms with Gasteiger partial charge in [0.25, 0.3) is 0 Å². The van der Waals surface area contributed by atoms with Gasteiger partial charge in [0, 0.05) is 6.54 Å². The Morgan fingerprint density at radius 1 is 1.24 bits per heavy atom. The zero-order valence-electron chi connectivity index (χ0n) is 10.3. The van der Waals surface area contributed by atoms with Gasteiger partial charge in [-0.25, -0.2) is 8.78 Å². The maximum atomic E-state index is 13.5. The molecule has 1 N–H and O–H groups in total. The van der Waals surface area contributed by atoms with Crippen molar-refractivity contribution in [3.05, 3.63) is 29.3 Å². The van der Waals surface area contributed by atoms with Crippen LogP contribution in [0.2, 0.25) is 0 Å². The molecule has 1 aromatic carbocycles. The molecular formula is C13H16F2N2.